The van der Waals surface area contributed by atoms with Gasteiger partial charge in [-0.05, 0) is 38.7 Å². The molecule has 0 unspecified atom stereocenters. The fourth-order valence-electron chi connectivity index (χ4n) is 4.46. The van der Waals surface area contributed by atoms with E-state index >= 15 is 0 Å². The first-order valence-electron chi connectivity index (χ1n) is 9.66. The van der Waals surface area contributed by atoms with E-state index in [-0.39, 0.29) is 17.5 Å². The summed E-state index contributed by atoms with van der Waals surface area (Å²) in [6.45, 7) is 5.65. The lowest BCUT2D eigenvalue weighted by Crippen LogP contribution is -2.62. The summed E-state index contributed by atoms with van der Waals surface area (Å²) in [4.78, 5) is 24.1. The van der Waals surface area contributed by atoms with Crippen LogP contribution in [0.1, 0.15) is 67.7 Å². The molecular weight excluding hydrogens is 316 g/mol. The number of carbonyl (C=O) groups excluding carboxylic acids is 1. The van der Waals surface area contributed by atoms with Crippen LogP contribution in [0.2, 0.25) is 0 Å². The maximum absolute atomic E-state index is 12.8. The van der Waals surface area contributed by atoms with E-state index in [1.165, 1.54) is 12.8 Å². The van der Waals surface area contributed by atoms with E-state index in [1.54, 1.807) is 12.3 Å². The molecule has 0 aromatic carbocycles. The van der Waals surface area contributed by atoms with Gasteiger partial charge in [0.05, 0.1) is 13.2 Å². The number of nitrogens with zero attached hydrogens (tertiary/aromatic N) is 3. The highest BCUT2D eigenvalue weighted by atomic mass is 16.5. The van der Waals surface area contributed by atoms with E-state index < -0.39 is 0 Å². The Morgan fingerprint density at radius 3 is 2.72 bits per heavy atom. The molecule has 1 aromatic rings. The Morgan fingerprint density at radius 1 is 1.32 bits per heavy atom. The number of carbonyl (C=O) groups is 1. The fraction of sp³-hybridized carbons (Fsp3) is 0.737. The highest BCUT2D eigenvalue weighted by Gasteiger charge is 2.45. The monoisotopic (exact) mass is 344 g/mol. The van der Waals surface area contributed by atoms with Crippen molar-refractivity contribution < 1.29 is 9.53 Å². The van der Waals surface area contributed by atoms with Crippen molar-refractivity contribution in [3.05, 3.63) is 23.8 Å². The molecule has 6 heteroatoms. The van der Waals surface area contributed by atoms with Crippen molar-refractivity contribution in [3.63, 3.8) is 0 Å². The summed E-state index contributed by atoms with van der Waals surface area (Å²) in [5.41, 5.74) is 0.560. The van der Waals surface area contributed by atoms with Gasteiger partial charge in [0.15, 0.2) is 0 Å². The molecule has 2 heterocycles. The van der Waals surface area contributed by atoms with Crippen LogP contribution in [-0.4, -0.2) is 58.7 Å². The third kappa shape index (κ3) is 3.42. The molecular formula is C19H28N4O2. The SMILES string of the molecule is C[C@@H](NC(=O)c1ccnc(C2CC2)n1)C1(N2CCOCC2)CCCC1. The minimum absolute atomic E-state index is 0.0613. The molecule has 2 saturated carbocycles. The molecule has 3 fully saturated rings. The number of hydrogen-bond acceptors (Lipinski definition) is 5. The lowest BCUT2D eigenvalue weighted by atomic mass is 9.86. The van der Waals surface area contributed by atoms with Crippen LogP contribution in [0, 0.1) is 0 Å². The van der Waals surface area contributed by atoms with Crippen molar-refractivity contribution in [2.24, 2.45) is 0 Å². The van der Waals surface area contributed by atoms with Gasteiger partial charge in [0, 0.05) is 36.8 Å². The highest BCUT2D eigenvalue weighted by molar-refractivity contribution is 5.92. The van der Waals surface area contributed by atoms with Crippen LogP contribution in [0.5, 0.6) is 0 Å². The molecule has 2 aliphatic carbocycles. The Bertz CT molecular complexity index is 620. The first-order valence-corrected chi connectivity index (χ1v) is 9.66. The van der Waals surface area contributed by atoms with Gasteiger partial charge in [-0.1, -0.05) is 12.8 Å². The molecule has 4 rings (SSSR count). The number of morpholine rings is 1. The van der Waals surface area contributed by atoms with Gasteiger partial charge in [-0.2, -0.15) is 0 Å². The summed E-state index contributed by atoms with van der Waals surface area (Å²) >= 11 is 0. The number of nitrogens with one attached hydrogen (secondary N) is 1. The van der Waals surface area contributed by atoms with E-state index in [2.05, 4.69) is 27.1 Å². The molecule has 0 spiro atoms. The van der Waals surface area contributed by atoms with Gasteiger partial charge in [-0.15, -0.1) is 0 Å². The standard InChI is InChI=1S/C19H28N4O2/c1-14(19(7-2-3-8-19)23-10-12-25-13-11-23)21-18(24)16-6-9-20-17(22-16)15-4-5-15/h6,9,14-15H,2-5,7-8,10-13H2,1H3,(H,21,24)/t14-/m1/s1. The van der Waals surface area contributed by atoms with Gasteiger partial charge in [-0.25, -0.2) is 9.97 Å². The summed E-state index contributed by atoms with van der Waals surface area (Å²) in [5, 5.41) is 3.25. The Kier molecular flexibility index (Phi) is 4.73. The van der Waals surface area contributed by atoms with Crippen LogP contribution in [-0.2, 0) is 4.74 Å². The summed E-state index contributed by atoms with van der Waals surface area (Å²) in [7, 11) is 0. The van der Waals surface area contributed by atoms with Crippen LogP contribution in [0.15, 0.2) is 12.3 Å². The van der Waals surface area contributed by atoms with Gasteiger partial charge >= 0.3 is 0 Å². The Labute approximate surface area is 149 Å². The van der Waals surface area contributed by atoms with Gasteiger partial charge in [0.1, 0.15) is 11.5 Å². The predicted molar refractivity (Wildman–Crippen MR) is 94.5 cm³/mol. The number of aromatic nitrogens is 2. The topological polar surface area (TPSA) is 67.4 Å². The molecule has 1 saturated heterocycles. The third-order valence-corrected chi connectivity index (χ3v) is 6.11. The second-order valence-corrected chi connectivity index (χ2v) is 7.68. The number of hydrogen-bond donors (Lipinski definition) is 1. The molecule has 1 atom stereocenters. The van der Waals surface area contributed by atoms with E-state index in [0.717, 1.165) is 57.8 Å². The Balaban J connectivity index is 1.48. The minimum Gasteiger partial charge on any atom is -0.379 e. The van der Waals surface area contributed by atoms with Crippen molar-refractivity contribution in [1.82, 2.24) is 20.2 Å². The summed E-state index contributed by atoms with van der Waals surface area (Å²) in [6, 6.07) is 1.82. The van der Waals surface area contributed by atoms with Crippen LogP contribution >= 0.6 is 0 Å². The van der Waals surface area contributed by atoms with Crippen molar-refractivity contribution in [2.75, 3.05) is 26.3 Å². The zero-order chi connectivity index (χ0) is 17.3. The number of ether oxygens (including phenoxy) is 1. The molecule has 1 aromatic heterocycles. The summed E-state index contributed by atoms with van der Waals surface area (Å²) < 4.78 is 5.53. The van der Waals surface area contributed by atoms with Gasteiger partial charge in [0.2, 0.25) is 0 Å². The Hall–Kier alpha value is -1.53. The predicted octanol–water partition coefficient (Wildman–Crippen LogP) is 2.12. The smallest absolute Gasteiger partial charge is 0.270 e. The molecule has 0 radical (unpaired) electrons. The Morgan fingerprint density at radius 2 is 2.04 bits per heavy atom. The lowest BCUT2D eigenvalue weighted by molar-refractivity contribution is -0.0323. The molecule has 1 amide bonds. The van der Waals surface area contributed by atoms with E-state index in [9.17, 15) is 4.79 Å². The van der Waals surface area contributed by atoms with Crippen LogP contribution in [0.25, 0.3) is 0 Å². The maximum Gasteiger partial charge on any atom is 0.270 e. The lowest BCUT2D eigenvalue weighted by Gasteiger charge is -2.47. The molecule has 0 bridgehead atoms. The average Bonchev–Trinajstić information content (AvgIpc) is 3.39. The van der Waals surface area contributed by atoms with Gasteiger partial charge in [0.25, 0.3) is 5.91 Å². The molecule has 25 heavy (non-hydrogen) atoms. The van der Waals surface area contributed by atoms with Gasteiger partial charge in [-0.3, -0.25) is 9.69 Å². The van der Waals surface area contributed by atoms with Crippen molar-refractivity contribution in [2.45, 2.75) is 62.9 Å². The molecule has 1 aliphatic heterocycles. The summed E-state index contributed by atoms with van der Waals surface area (Å²) in [5.74, 6) is 1.21. The minimum atomic E-state index is -0.0728. The van der Waals surface area contributed by atoms with Crippen molar-refractivity contribution in [3.8, 4) is 0 Å². The largest absolute Gasteiger partial charge is 0.379 e. The number of rotatable bonds is 5. The highest BCUT2D eigenvalue weighted by Crippen LogP contribution is 2.39. The second kappa shape index (κ2) is 7.00. The summed E-state index contributed by atoms with van der Waals surface area (Å²) in [6.07, 6.45) is 8.75. The fourth-order valence-corrected chi connectivity index (χ4v) is 4.46. The molecule has 136 valence electrons. The van der Waals surface area contributed by atoms with Gasteiger partial charge < -0.3 is 10.1 Å². The van der Waals surface area contributed by atoms with E-state index in [1.807, 2.05) is 0 Å². The molecule has 6 nitrogen and oxygen atoms in total. The van der Waals surface area contributed by atoms with Crippen LogP contribution < -0.4 is 5.32 Å². The average molecular weight is 344 g/mol. The molecule has 3 aliphatic rings. The second-order valence-electron chi connectivity index (χ2n) is 7.68. The van der Waals surface area contributed by atoms with Crippen LogP contribution in [0.4, 0.5) is 0 Å². The first kappa shape index (κ1) is 16.9. The van der Waals surface area contributed by atoms with E-state index in [4.69, 9.17) is 4.74 Å². The van der Waals surface area contributed by atoms with Crippen LogP contribution in [0.3, 0.4) is 0 Å². The zero-order valence-corrected chi connectivity index (χ0v) is 15.0. The third-order valence-electron chi connectivity index (χ3n) is 6.11. The zero-order valence-electron chi connectivity index (χ0n) is 15.0. The quantitative estimate of drug-likeness (QED) is 0.886. The van der Waals surface area contributed by atoms with E-state index in [0.29, 0.717) is 11.6 Å². The van der Waals surface area contributed by atoms with Crippen molar-refractivity contribution in [1.29, 1.82) is 0 Å². The maximum atomic E-state index is 12.8. The normalized spacial score (nSPS) is 24.8. The number of amides is 1. The molecule has 1 N–H and O–H groups in total. The van der Waals surface area contributed by atoms with Crippen molar-refractivity contribution >= 4 is 5.91 Å². The first-order chi connectivity index (χ1) is 12.2.